The zero-order valence-electron chi connectivity index (χ0n) is 24.2. The highest BCUT2D eigenvalue weighted by Gasteiger charge is 2.57. The molecule has 1 saturated carbocycles. The van der Waals surface area contributed by atoms with Crippen molar-refractivity contribution in [2.24, 2.45) is 29.6 Å². The van der Waals surface area contributed by atoms with Crippen LogP contribution < -0.4 is 4.90 Å². The molecule has 2 aromatic heterocycles. The van der Waals surface area contributed by atoms with Crippen molar-refractivity contribution in [3.8, 4) is 11.3 Å². The number of carbonyl (C=O) groups excluding carboxylic acids is 2. The zero-order chi connectivity index (χ0) is 29.7. The van der Waals surface area contributed by atoms with Crippen LogP contribution in [0.1, 0.15) is 51.5 Å². The van der Waals surface area contributed by atoms with E-state index in [0.717, 1.165) is 12.1 Å². The average molecular weight is 588 g/mol. The van der Waals surface area contributed by atoms with Gasteiger partial charge in [0.15, 0.2) is 11.3 Å². The summed E-state index contributed by atoms with van der Waals surface area (Å²) in [5, 5.41) is 4.14. The maximum atomic E-state index is 14.4. The van der Waals surface area contributed by atoms with Crippen molar-refractivity contribution in [3.05, 3.63) is 46.6 Å². The highest BCUT2D eigenvalue weighted by Crippen LogP contribution is 2.53. The van der Waals surface area contributed by atoms with E-state index >= 15 is 0 Å². The fraction of sp³-hybridized carbons (Fsp3) is 0.533. The van der Waals surface area contributed by atoms with Gasteiger partial charge in [-0.2, -0.15) is 9.61 Å². The van der Waals surface area contributed by atoms with Gasteiger partial charge in [0.1, 0.15) is 22.5 Å². The summed E-state index contributed by atoms with van der Waals surface area (Å²) in [4.78, 5) is 33.9. The van der Waals surface area contributed by atoms with Crippen LogP contribution in [0.4, 0.5) is 14.6 Å². The first-order valence-corrected chi connectivity index (χ1v) is 14.5. The molecule has 0 radical (unpaired) electrons. The van der Waals surface area contributed by atoms with E-state index in [4.69, 9.17) is 21.4 Å². The molecule has 1 aromatic carbocycles. The molecule has 1 aliphatic carbocycles. The summed E-state index contributed by atoms with van der Waals surface area (Å²) in [6.07, 6.45) is 0.379. The van der Waals surface area contributed by atoms with Crippen molar-refractivity contribution in [2.75, 3.05) is 31.6 Å². The summed E-state index contributed by atoms with van der Waals surface area (Å²) in [6, 6.07) is 5.81. The van der Waals surface area contributed by atoms with E-state index in [0.29, 0.717) is 61.0 Å². The number of esters is 1. The molecule has 8 nitrogen and oxygen atoms in total. The molecule has 5 rings (SSSR count). The summed E-state index contributed by atoms with van der Waals surface area (Å²) in [6.45, 7) is 12.5. The topological polar surface area (TPSA) is 80.0 Å². The molecule has 3 heterocycles. The summed E-state index contributed by atoms with van der Waals surface area (Å²) in [5.74, 6) is -0.0679. The Bertz CT molecular complexity index is 1460. The first kappa shape index (κ1) is 29.2. The number of amides is 1. The smallest absolute Gasteiger partial charge is 0.305 e. The van der Waals surface area contributed by atoms with Gasteiger partial charge in [-0.05, 0) is 48.6 Å². The number of fused-ring (bicyclic) bond motifs is 2. The Hall–Kier alpha value is -3.27. The van der Waals surface area contributed by atoms with Crippen molar-refractivity contribution < 1.29 is 23.1 Å². The molecular weight excluding hydrogens is 552 g/mol. The van der Waals surface area contributed by atoms with Gasteiger partial charge in [0.05, 0.1) is 12.8 Å². The van der Waals surface area contributed by atoms with E-state index in [1.807, 2.05) is 0 Å². The number of rotatable bonds is 9. The molecule has 1 unspecified atom stereocenters. The van der Waals surface area contributed by atoms with Gasteiger partial charge in [-0.15, -0.1) is 0 Å². The number of anilines is 1. The molecule has 1 saturated heterocycles. The van der Waals surface area contributed by atoms with Crippen molar-refractivity contribution in [1.29, 1.82) is 0 Å². The molecular formula is C30H36ClF2N5O3. The third kappa shape index (κ3) is 5.63. The van der Waals surface area contributed by atoms with Crippen LogP contribution in [0.3, 0.4) is 0 Å². The summed E-state index contributed by atoms with van der Waals surface area (Å²) < 4.78 is 35.3. The highest BCUT2D eigenvalue weighted by molar-refractivity contribution is 6.31. The quantitative estimate of drug-likeness (QED) is 0.235. The molecule has 1 aliphatic heterocycles. The van der Waals surface area contributed by atoms with Crippen molar-refractivity contribution in [1.82, 2.24) is 19.5 Å². The number of benzene rings is 1. The fourth-order valence-electron chi connectivity index (χ4n) is 5.90. The first-order chi connectivity index (χ1) is 19.4. The third-order valence-corrected chi connectivity index (χ3v) is 8.87. The van der Waals surface area contributed by atoms with Gasteiger partial charge in [-0.1, -0.05) is 39.3 Å². The van der Waals surface area contributed by atoms with Gasteiger partial charge in [0, 0.05) is 49.8 Å². The van der Waals surface area contributed by atoms with E-state index in [1.165, 1.54) is 7.11 Å². The SMILES string of the molecule is COC(=O)C[C@H]1C2CN(C(=O)c3cc4nc(-c5cc(F)c(Cl)c(F)c5)cc(N(CC(C)C)[C@H](C)C(C)C)n4n3)C[C@H]21. The molecule has 2 aliphatic rings. The lowest BCUT2D eigenvalue weighted by molar-refractivity contribution is -0.141. The number of likely N-dealkylation sites (tertiary alicyclic amines) is 1. The Morgan fingerprint density at radius 3 is 2.27 bits per heavy atom. The van der Waals surface area contributed by atoms with Crippen LogP contribution in [0.5, 0.6) is 0 Å². The molecule has 0 N–H and O–H groups in total. The maximum absolute atomic E-state index is 14.4. The Labute approximate surface area is 243 Å². The van der Waals surface area contributed by atoms with Crippen LogP contribution in [0, 0.1) is 41.2 Å². The number of halogens is 3. The molecule has 220 valence electrons. The van der Waals surface area contributed by atoms with Gasteiger partial charge in [0.2, 0.25) is 0 Å². The number of aromatic nitrogens is 3. The van der Waals surface area contributed by atoms with E-state index < -0.39 is 16.7 Å². The van der Waals surface area contributed by atoms with Gasteiger partial charge in [-0.3, -0.25) is 9.59 Å². The molecule has 1 amide bonds. The van der Waals surface area contributed by atoms with Gasteiger partial charge in [0.25, 0.3) is 5.91 Å². The molecule has 0 spiro atoms. The molecule has 2 fully saturated rings. The van der Waals surface area contributed by atoms with Crippen LogP contribution in [0.2, 0.25) is 5.02 Å². The first-order valence-electron chi connectivity index (χ1n) is 14.1. The minimum Gasteiger partial charge on any atom is -0.469 e. The molecule has 3 aromatic rings. The zero-order valence-corrected chi connectivity index (χ0v) is 25.0. The van der Waals surface area contributed by atoms with E-state index in [-0.39, 0.29) is 41.0 Å². The molecule has 0 bridgehead atoms. The summed E-state index contributed by atoms with van der Waals surface area (Å²) >= 11 is 5.74. The largest absolute Gasteiger partial charge is 0.469 e. The number of ether oxygens (including phenoxy) is 1. The van der Waals surface area contributed by atoms with Gasteiger partial charge >= 0.3 is 5.97 Å². The Morgan fingerprint density at radius 2 is 1.71 bits per heavy atom. The second kappa shape index (κ2) is 11.2. The number of hydrogen-bond acceptors (Lipinski definition) is 6. The van der Waals surface area contributed by atoms with Crippen molar-refractivity contribution in [3.63, 3.8) is 0 Å². The van der Waals surface area contributed by atoms with Gasteiger partial charge < -0.3 is 14.5 Å². The summed E-state index contributed by atoms with van der Waals surface area (Å²) in [5.41, 5.74) is 1.23. The van der Waals surface area contributed by atoms with Crippen LogP contribution >= 0.6 is 11.6 Å². The van der Waals surface area contributed by atoms with Crippen LogP contribution in [0.25, 0.3) is 16.9 Å². The minimum absolute atomic E-state index is 0.0929. The average Bonchev–Trinajstić information content (AvgIpc) is 3.27. The van der Waals surface area contributed by atoms with Crippen LogP contribution in [-0.2, 0) is 9.53 Å². The van der Waals surface area contributed by atoms with E-state index in [1.54, 1.807) is 21.5 Å². The fourth-order valence-corrected chi connectivity index (χ4v) is 6.01. The maximum Gasteiger partial charge on any atom is 0.305 e. The summed E-state index contributed by atoms with van der Waals surface area (Å²) in [7, 11) is 1.39. The number of methoxy groups -OCH3 is 1. The molecule has 41 heavy (non-hydrogen) atoms. The third-order valence-electron chi connectivity index (χ3n) is 8.51. The Kier molecular flexibility index (Phi) is 7.98. The lowest BCUT2D eigenvalue weighted by atomic mass is 10.0. The predicted octanol–water partition coefficient (Wildman–Crippen LogP) is 5.72. The van der Waals surface area contributed by atoms with Crippen molar-refractivity contribution >= 4 is 34.9 Å². The standard InChI is InChI=1S/C30H36ClF2N5O3/c1-15(2)12-37(17(5)16(3)4)27-11-24(18-7-22(32)29(31)23(33)8-18)34-26-10-25(35-38(26)27)30(40)36-13-20-19(21(20)14-36)9-28(39)41-6/h7-8,10-11,15-17,19-21H,9,12-14H2,1-6H3/t17-,19-,20+,21?/m1/s1. The van der Waals surface area contributed by atoms with Crippen molar-refractivity contribution in [2.45, 2.75) is 47.1 Å². The number of piperidine rings is 1. The number of nitrogens with zero attached hydrogens (tertiary/aromatic N) is 5. The predicted molar refractivity (Wildman–Crippen MR) is 153 cm³/mol. The van der Waals surface area contributed by atoms with Crippen LogP contribution in [-0.4, -0.2) is 64.2 Å². The lowest BCUT2D eigenvalue weighted by Gasteiger charge is -2.35. The molecule has 11 heteroatoms. The lowest BCUT2D eigenvalue weighted by Crippen LogP contribution is -2.40. The monoisotopic (exact) mass is 587 g/mol. The Balaban J connectivity index is 1.54. The minimum atomic E-state index is -0.873. The van der Waals surface area contributed by atoms with Crippen LogP contribution in [0.15, 0.2) is 24.3 Å². The Morgan fingerprint density at radius 1 is 1.07 bits per heavy atom. The van der Waals surface area contributed by atoms with Gasteiger partial charge in [-0.25, -0.2) is 13.8 Å². The second-order valence-electron chi connectivity index (χ2n) is 12.1. The number of carbonyl (C=O) groups is 2. The highest BCUT2D eigenvalue weighted by atomic mass is 35.5. The number of hydrogen-bond donors (Lipinski definition) is 0. The molecule has 4 atom stereocenters. The van der Waals surface area contributed by atoms with E-state index in [9.17, 15) is 18.4 Å². The second-order valence-corrected chi connectivity index (χ2v) is 12.4. The normalized spacial score (nSPS) is 20.6. The van der Waals surface area contributed by atoms with E-state index in [2.05, 4.69) is 44.5 Å².